The van der Waals surface area contributed by atoms with Crippen LogP contribution in [0.4, 0.5) is 4.79 Å². The molecule has 4 nitrogen and oxygen atoms in total. The Hall–Kier alpha value is -1.06. The molecule has 0 aromatic heterocycles. The molecule has 2 rings (SSSR count). The molecule has 1 aliphatic carbocycles. The van der Waals surface area contributed by atoms with E-state index in [0.717, 1.165) is 25.5 Å². The van der Waals surface area contributed by atoms with Crippen LogP contribution in [0.15, 0.2) is 0 Å². The van der Waals surface area contributed by atoms with Crippen molar-refractivity contribution in [2.24, 2.45) is 5.92 Å². The van der Waals surface area contributed by atoms with Gasteiger partial charge >= 0.3 is 6.09 Å². The molecule has 96 valence electrons. The SMILES string of the molecule is CC(C)(C)OC(=O)N1CC(CC=O)C12CCC2. The summed E-state index contributed by atoms with van der Waals surface area (Å²) in [5, 5.41) is 0. The predicted octanol–water partition coefficient (Wildman–Crippen LogP) is 2.37. The van der Waals surface area contributed by atoms with E-state index < -0.39 is 5.60 Å². The van der Waals surface area contributed by atoms with Crippen LogP contribution in [0.3, 0.4) is 0 Å². The number of hydrogen-bond acceptors (Lipinski definition) is 3. The van der Waals surface area contributed by atoms with E-state index in [1.807, 2.05) is 25.7 Å². The van der Waals surface area contributed by atoms with Crippen LogP contribution < -0.4 is 0 Å². The highest BCUT2D eigenvalue weighted by atomic mass is 16.6. The van der Waals surface area contributed by atoms with E-state index in [4.69, 9.17) is 4.74 Å². The summed E-state index contributed by atoms with van der Waals surface area (Å²) in [6, 6.07) is 0. The van der Waals surface area contributed by atoms with Gasteiger partial charge in [-0.15, -0.1) is 0 Å². The Labute approximate surface area is 102 Å². The Morgan fingerprint density at radius 1 is 1.47 bits per heavy atom. The van der Waals surface area contributed by atoms with Gasteiger partial charge in [0.15, 0.2) is 0 Å². The molecule has 2 fully saturated rings. The highest BCUT2D eigenvalue weighted by Gasteiger charge is 2.59. The van der Waals surface area contributed by atoms with Crippen LogP contribution in [0.2, 0.25) is 0 Å². The quantitative estimate of drug-likeness (QED) is 0.695. The summed E-state index contributed by atoms with van der Waals surface area (Å²) in [4.78, 5) is 24.5. The monoisotopic (exact) mass is 239 g/mol. The number of hydrogen-bond donors (Lipinski definition) is 0. The van der Waals surface area contributed by atoms with Crippen molar-refractivity contribution in [1.29, 1.82) is 0 Å². The van der Waals surface area contributed by atoms with E-state index in [2.05, 4.69) is 0 Å². The minimum absolute atomic E-state index is 0.0523. The van der Waals surface area contributed by atoms with Gasteiger partial charge < -0.3 is 14.4 Å². The molecule has 1 saturated carbocycles. The first kappa shape index (κ1) is 12.4. The maximum Gasteiger partial charge on any atom is 0.410 e. The van der Waals surface area contributed by atoms with Crippen molar-refractivity contribution in [3.05, 3.63) is 0 Å². The van der Waals surface area contributed by atoms with E-state index in [9.17, 15) is 9.59 Å². The van der Waals surface area contributed by atoms with Crippen LogP contribution in [0.5, 0.6) is 0 Å². The third kappa shape index (κ3) is 2.05. The van der Waals surface area contributed by atoms with Crippen molar-refractivity contribution in [3.63, 3.8) is 0 Å². The van der Waals surface area contributed by atoms with E-state index in [1.165, 1.54) is 0 Å². The Morgan fingerprint density at radius 2 is 2.12 bits per heavy atom. The first-order valence-corrected chi connectivity index (χ1v) is 6.33. The van der Waals surface area contributed by atoms with Crippen LogP contribution in [0.25, 0.3) is 0 Å². The predicted molar refractivity (Wildman–Crippen MR) is 63.7 cm³/mol. The van der Waals surface area contributed by atoms with Gasteiger partial charge in [-0.05, 0) is 40.0 Å². The lowest BCUT2D eigenvalue weighted by Gasteiger charge is -2.63. The van der Waals surface area contributed by atoms with Crippen molar-refractivity contribution in [2.75, 3.05) is 6.54 Å². The number of likely N-dealkylation sites (tertiary alicyclic amines) is 1. The maximum atomic E-state index is 12.0. The molecule has 4 heteroatoms. The number of carbonyl (C=O) groups excluding carboxylic acids is 2. The van der Waals surface area contributed by atoms with Gasteiger partial charge in [0.05, 0.1) is 5.54 Å². The summed E-state index contributed by atoms with van der Waals surface area (Å²) in [7, 11) is 0. The summed E-state index contributed by atoms with van der Waals surface area (Å²) in [6.45, 7) is 6.30. The Kier molecular flexibility index (Phi) is 2.92. The minimum atomic E-state index is -0.447. The molecule has 0 aromatic rings. The number of carbonyl (C=O) groups is 2. The number of aldehydes is 1. The molecule has 0 bridgehead atoms. The summed E-state index contributed by atoms with van der Waals surface area (Å²) in [5.74, 6) is 0.348. The number of amides is 1. The van der Waals surface area contributed by atoms with Gasteiger partial charge in [0.1, 0.15) is 11.9 Å². The van der Waals surface area contributed by atoms with Gasteiger partial charge in [-0.3, -0.25) is 0 Å². The summed E-state index contributed by atoms with van der Waals surface area (Å²) >= 11 is 0. The van der Waals surface area contributed by atoms with Gasteiger partial charge in [0.25, 0.3) is 0 Å². The molecule has 1 amide bonds. The van der Waals surface area contributed by atoms with Crippen molar-refractivity contribution >= 4 is 12.4 Å². The Balaban J connectivity index is 1.99. The zero-order valence-electron chi connectivity index (χ0n) is 10.9. The zero-order valence-corrected chi connectivity index (χ0v) is 10.9. The molecule has 0 aromatic carbocycles. The molecule has 1 unspecified atom stereocenters. The van der Waals surface area contributed by atoms with Crippen LogP contribution in [-0.2, 0) is 9.53 Å². The molecule has 1 atom stereocenters. The molecular formula is C13H21NO3. The van der Waals surface area contributed by atoms with E-state index in [-0.39, 0.29) is 11.6 Å². The largest absolute Gasteiger partial charge is 0.444 e. The van der Waals surface area contributed by atoms with Crippen LogP contribution in [-0.4, -0.2) is 35.0 Å². The maximum absolute atomic E-state index is 12.0. The molecule has 0 N–H and O–H groups in total. The fraction of sp³-hybridized carbons (Fsp3) is 0.846. The zero-order chi connectivity index (χ0) is 12.7. The number of rotatable bonds is 2. The van der Waals surface area contributed by atoms with Crippen LogP contribution >= 0.6 is 0 Å². The molecule has 1 saturated heterocycles. The first-order chi connectivity index (χ1) is 7.89. The van der Waals surface area contributed by atoms with E-state index in [0.29, 0.717) is 18.9 Å². The van der Waals surface area contributed by atoms with Crippen molar-refractivity contribution in [2.45, 2.75) is 57.6 Å². The van der Waals surface area contributed by atoms with Crippen molar-refractivity contribution in [3.8, 4) is 0 Å². The molecule has 1 spiro atoms. The number of ether oxygens (including phenoxy) is 1. The highest BCUT2D eigenvalue weighted by molar-refractivity contribution is 5.71. The summed E-state index contributed by atoms with van der Waals surface area (Å²) in [6.07, 6.45) is 4.50. The number of nitrogens with zero attached hydrogens (tertiary/aromatic N) is 1. The summed E-state index contributed by atoms with van der Waals surface area (Å²) < 4.78 is 5.40. The Morgan fingerprint density at radius 3 is 2.53 bits per heavy atom. The average Bonchev–Trinajstić information content (AvgIpc) is 2.05. The fourth-order valence-electron chi connectivity index (χ4n) is 2.88. The van der Waals surface area contributed by atoms with Gasteiger partial charge in [-0.25, -0.2) is 4.79 Å². The second kappa shape index (κ2) is 4.00. The first-order valence-electron chi connectivity index (χ1n) is 6.33. The lowest BCUT2D eigenvalue weighted by molar-refractivity contribution is -0.136. The fourth-order valence-corrected chi connectivity index (χ4v) is 2.88. The molecule has 17 heavy (non-hydrogen) atoms. The minimum Gasteiger partial charge on any atom is -0.444 e. The third-order valence-electron chi connectivity index (χ3n) is 3.91. The smallest absolute Gasteiger partial charge is 0.410 e. The lowest BCUT2D eigenvalue weighted by atomic mass is 9.60. The topological polar surface area (TPSA) is 46.6 Å². The van der Waals surface area contributed by atoms with Gasteiger partial charge in [0, 0.05) is 18.9 Å². The molecular weight excluding hydrogens is 218 g/mol. The van der Waals surface area contributed by atoms with Crippen molar-refractivity contribution in [1.82, 2.24) is 4.90 Å². The van der Waals surface area contributed by atoms with Gasteiger partial charge in [-0.1, -0.05) is 0 Å². The molecule has 1 heterocycles. The third-order valence-corrected chi connectivity index (χ3v) is 3.91. The van der Waals surface area contributed by atoms with Crippen LogP contribution in [0, 0.1) is 5.92 Å². The normalized spacial score (nSPS) is 26.1. The summed E-state index contributed by atoms with van der Waals surface area (Å²) in [5.41, 5.74) is -0.499. The lowest BCUT2D eigenvalue weighted by Crippen LogP contribution is -2.72. The Bertz CT molecular complexity index is 328. The second-order valence-electron chi connectivity index (χ2n) is 6.15. The molecule has 0 radical (unpaired) electrons. The molecule has 1 aliphatic heterocycles. The highest BCUT2D eigenvalue weighted by Crippen LogP contribution is 2.52. The van der Waals surface area contributed by atoms with Crippen molar-refractivity contribution < 1.29 is 14.3 Å². The molecule has 2 aliphatic rings. The standard InChI is InChI=1S/C13H21NO3/c1-12(2,3)17-11(16)14-9-10(5-8-15)13(14)6-4-7-13/h8,10H,4-7,9H2,1-3H3. The average molecular weight is 239 g/mol. The van der Waals surface area contributed by atoms with Gasteiger partial charge in [0.2, 0.25) is 0 Å². The van der Waals surface area contributed by atoms with Crippen LogP contribution in [0.1, 0.15) is 46.5 Å². The van der Waals surface area contributed by atoms with E-state index in [1.54, 1.807) is 0 Å². The van der Waals surface area contributed by atoms with Gasteiger partial charge in [-0.2, -0.15) is 0 Å². The van der Waals surface area contributed by atoms with E-state index >= 15 is 0 Å². The second-order valence-corrected chi connectivity index (χ2v) is 6.15.